The molecular formula is C11H12BrN3S. The summed E-state index contributed by atoms with van der Waals surface area (Å²) in [5.41, 5.74) is 7.80. The molecule has 0 aliphatic carbocycles. The maximum absolute atomic E-state index is 5.55. The smallest absolute Gasteiger partial charge is 0.187 e. The second-order valence-corrected chi connectivity index (χ2v) is 5.45. The van der Waals surface area contributed by atoms with E-state index in [0.29, 0.717) is 6.54 Å². The Bertz CT molecular complexity index is 496. The molecule has 0 aliphatic heterocycles. The Morgan fingerprint density at radius 3 is 3.00 bits per heavy atom. The number of aryl methyl sites for hydroxylation is 1. The first-order valence-corrected chi connectivity index (χ1v) is 6.48. The van der Waals surface area contributed by atoms with Gasteiger partial charge in [-0.2, -0.15) is 0 Å². The highest BCUT2D eigenvalue weighted by Crippen LogP contribution is 2.26. The maximum atomic E-state index is 5.55. The van der Waals surface area contributed by atoms with Crippen molar-refractivity contribution in [3.63, 3.8) is 0 Å². The van der Waals surface area contributed by atoms with Gasteiger partial charge in [0.05, 0.1) is 0 Å². The number of nitrogens with zero attached hydrogens (tertiary/aromatic N) is 1. The summed E-state index contributed by atoms with van der Waals surface area (Å²) in [5, 5.41) is 4.17. The molecule has 5 heteroatoms. The van der Waals surface area contributed by atoms with Crippen LogP contribution in [0.3, 0.4) is 0 Å². The molecular weight excluding hydrogens is 286 g/mol. The fraction of sp³-hybridized carbons (Fsp3) is 0.182. The summed E-state index contributed by atoms with van der Waals surface area (Å²) in [7, 11) is 0. The molecule has 0 unspecified atom stereocenters. The van der Waals surface area contributed by atoms with E-state index in [1.807, 2.05) is 12.1 Å². The lowest BCUT2D eigenvalue weighted by Gasteiger charge is -2.06. The van der Waals surface area contributed by atoms with Crippen LogP contribution in [0, 0.1) is 6.92 Å². The van der Waals surface area contributed by atoms with Crippen LogP contribution in [0.1, 0.15) is 10.4 Å². The van der Waals surface area contributed by atoms with Gasteiger partial charge in [0, 0.05) is 27.8 Å². The van der Waals surface area contributed by atoms with Crippen LogP contribution in [-0.2, 0) is 6.54 Å². The number of anilines is 2. The molecule has 0 spiro atoms. The zero-order valence-corrected chi connectivity index (χ0v) is 11.2. The van der Waals surface area contributed by atoms with Gasteiger partial charge in [0.1, 0.15) is 0 Å². The van der Waals surface area contributed by atoms with Crippen LogP contribution in [0.2, 0.25) is 0 Å². The quantitative estimate of drug-likeness (QED) is 0.913. The SMILES string of the molecule is Cc1ccc(Br)cc1Nc1ncc(CN)s1. The largest absolute Gasteiger partial charge is 0.331 e. The Hall–Kier alpha value is -0.910. The average Bonchev–Trinajstić information content (AvgIpc) is 2.71. The standard InChI is InChI=1S/C11H12BrN3S/c1-7-2-3-8(12)4-10(7)15-11-14-6-9(5-13)16-11/h2-4,6H,5,13H2,1H3,(H,14,15). The van der Waals surface area contributed by atoms with E-state index in [1.54, 1.807) is 17.5 Å². The summed E-state index contributed by atoms with van der Waals surface area (Å²) in [6, 6.07) is 6.12. The van der Waals surface area contributed by atoms with Gasteiger partial charge >= 0.3 is 0 Å². The van der Waals surface area contributed by atoms with Crippen molar-refractivity contribution in [2.75, 3.05) is 5.32 Å². The van der Waals surface area contributed by atoms with E-state index in [0.717, 1.165) is 20.2 Å². The van der Waals surface area contributed by atoms with Gasteiger partial charge in [-0.05, 0) is 24.6 Å². The van der Waals surface area contributed by atoms with Crippen LogP contribution in [-0.4, -0.2) is 4.98 Å². The van der Waals surface area contributed by atoms with E-state index in [4.69, 9.17) is 5.73 Å². The fourth-order valence-electron chi connectivity index (χ4n) is 1.30. The molecule has 0 fully saturated rings. The molecule has 0 aliphatic rings. The Labute approximate surface area is 107 Å². The normalized spacial score (nSPS) is 10.4. The molecule has 0 atom stereocenters. The first kappa shape index (κ1) is 11.6. The van der Waals surface area contributed by atoms with Crippen molar-refractivity contribution in [1.82, 2.24) is 4.98 Å². The number of hydrogen-bond acceptors (Lipinski definition) is 4. The molecule has 3 nitrogen and oxygen atoms in total. The number of thiazole rings is 1. The van der Waals surface area contributed by atoms with E-state index in [9.17, 15) is 0 Å². The molecule has 0 amide bonds. The second kappa shape index (κ2) is 4.95. The van der Waals surface area contributed by atoms with E-state index in [2.05, 4.69) is 39.2 Å². The van der Waals surface area contributed by atoms with Crippen LogP contribution in [0.15, 0.2) is 28.9 Å². The highest BCUT2D eigenvalue weighted by atomic mass is 79.9. The number of halogens is 1. The number of nitrogens with one attached hydrogen (secondary N) is 1. The van der Waals surface area contributed by atoms with E-state index in [1.165, 1.54) is 5.56 Å². The lowest BCUT2D eigenvalue weighted by Crippen LogP contribution is -1.92. The van der Waals surface area contributed by atoms with Crippen molar-refractivity contribution in [3.8, 4) is 0 Å². The molecule has 1 heterocycles. The minimum atomic E-state index is 0.539. The minimum absolute atomic E-state index is 0.539. The predicted molar refractivity (Wildman–Crippen MR) is 72.2 cm³/mol. The van der Waals surface area contributed by atoms with Crippen LogP contribution in [0.5, 0.6) is 0 Å². The number of aromatic nitrogens is 1. The topological polar surface area (TPSA) is 50.9 Å². The van der Waals surface area contributed by atoms with Crippen LogP contribution < -0.4 is 11.1 Å². The van der Waals surface area contributed by atoms with Crippen molar-refractivity contribution in [3.05, 3.63) is 39.3 Å². The van der Waals surface area contributed by atoms with Gasteiger partial charge in [-0.15, -0.1) is 11.3 Å². The third-order valence-electron chi connectivity index (χ3n) is 2.20. The van der Waals surface area contributed by atoms with E-state index in [-0.39, 0.29) is 0 Å². The third kappa shape index (κ3) is 2.61. The van der Waals surface area contributed by atoms with Crippen LogP contribution in [0.25, 0.3) is 0 Å². The summed E-state index contributed by atoms with van der Waals surface area (Å²) in [4.78, 5) is 5.34. The molecule has 0 saturated carbocycles. The molecule has 0 radical (unpaired) electrons. The van der Waals surface area contributed by atoms with Crippen molar-refractivity contribution in [2.45, 2.75) is 13.5 Å². The van der Waals surface area contributed by atoms with Crippen LogP contribution in [0.4, 0.5) is 10.8 Å². The summed E-state index contributed by atoms with van der Waals surface area (Å²) >= 11 is 5.03. The van der Waals surface area contributed by atoms with Gasteiger partial charge in [-0.3, -0.25) is 0 Å². The van der Waals surface area contributed by atoms with Gasteiger partial charge in [-0.1, -0.05) is 22.0 Å². The van der Waals surface area contributed by atoms with Gasteiger partial charge < -0.3 is 11.1 Å². The summed E-state index contributed by atoms with van der Waals surface area (Å²) < 4.78 is 1.05. The van der Waals surface area contributed by atoms with Gasteiger partial charge in [-0.25, -0.2) is 4.98 Å². The van der Waals surface area contributed by atoms with Crippen molar-refractivity contribution >= 4 is 38.1 Å². The zero-order chi connectivity index (χ0) is 11.5. The summed E-state index contributed by atoms with van der Waals surface area (Å²) in [5.74, 6) is 0. The third-order valence-corrected chi connectivity index (χ3v) is 3.62. The molecule has 2 aromatic rings. The Kier molecular flexibility index (Phi) is 3.58. The summed E-state index contributed by atoms with van der Waals surface area (Å²) in [6.07, 6.45) is 1.81. The predicted octanol–water partition coefficient (Wildman–Crippen LogP) is 3.42. The van der Waals surface area contributed by atoms with E-state index >= 15 is 0 Å². The second-order valence-electron chi connectivity index (χ2n) is 3.42. The van der Waals surface area contributed by atoms with E-state index < -0.39 is 0 Å². The molecule has 16 heavy (non-hydrogen) atoms. The first-order valence-electron chi connectivity index (χ1n) is 4.87. The number of hydrogen-bond donors (Lipinski definition) is 2. The molecule has 84 valence electrons. The average molecular weight is 298 g/mol. The zero-order valence-electron chi connectivity index (χ0n) is 8.83. The highest BCUT2D eigenvalue weighted by molar-refractivity contribution is 9.10. The first-order chi connectivity index (χ1) is 7.69. The molecule has 1 aromatic carbocycles. The van der Waals surface area contributed by atoms with Gasteiger partial charge in [0.25, 0.3) is 0 Å². The number of nitrogens with two attached hydrogens (primary N) is 1. The maximum Gasteiger partial charge on any atom is 0.187 e. The Morgan fingerprint density at radius 1 is 1.50 bits per heavy atom. The fourth-order valence-corrected chi connectivity index (χ4v) is 2.37. The minimum Gasteiger partial charge on any atom is -0.331 e. The van der Waals surface area contributed by atoms with Crippen molar-refractivity contribution in [1.29, 1.82) is 0 Å². The highest BCUT2D eigenvalue weighted by Gasteiger charge is 2.03. The van der Waals surface area contributed by atoms with Crippen molar-refractivity contribution in [2.24, 2.45) is 5.73 Å². The monoisotopic (exact) mass is 297 g/mol. The molecule has 0 saturated heterocycles. The Morgan fingerprint density at radius 2 is 2.31 bits per heavy atom. The molecule has 2 rings (SSSR count). The lowest BCUT2D eigenvalue weighted by atomic mass is 10.2. The van der Waals surface area contributed by atoms with Gasteiger partial charge in [0.2, 0.25) is 0 Å². The van der Waals surface area contributed by atoms with Crippen LogP contribution >= 0.6 is 27.3 Å². The van der Waals surface area contributed by atoms with Crippen molar-refractivity contribution < 1.29 is 0 Å². The number of rotatable bonds is 3. The summed E-state index contributed by atoms with van der Waals surface area (Å²) in [6.45, 7) is 2.60. The molecule has 3 N–H and O–H groups in total. The Balaban J connectivity index is 2.22. The lowest BCUT2D eigenvalue weighted by molar-refractivity contribution is 1.10. The van der Waals surface area contributed by atoms with Gasteiger partial charge in [0.15, 0.2) is 5.13 Å². The number of benzene rings is 1. The molecule has 1 aromatic heterocycles. The molecule has 0 bridgehead atoms.